The molecule has 1 N–H and O–H groups in total. The Bertz CT molecular complexity index is 868. The summed E-state index contributed by atoms with van der Waals surface area (Å²) in [6.07, 6.45) is 2.53. The van der Waals surface area contributed by atoms with Crippen LogP contribution < -0.4 is 27.2 Å². The van der Waals surface area contributed by atoms with Crippen molar-refractivity contribution in [2.24, 2.45) is 0 Å². The Balaban J connectivity index is 0.00000210. The highest BCUT2D eigenvalue weighted by molar-refractivity contribution is 5.45. The van der Waals surface area contributed by atoms with E-state index in [9.17, 15) is 0 Å². The van der Waals surface area contributed by atoms with Gasteiger partial charge in [0.2, 0.25) is 0 Å². The molecule has 1 aliphatic carbocycles. The standard InChI is InChI=1S/C19H21N5O2.ClH/c1-2-25-18-12-14(13-20-15-9-10-15)8-11-17(18)26-19-21-22-23-24(19)16-6-4-3-5-7-16;/h3-8,11-12,15,20H,2,9-10,13H2,1H3;1H/p-1. The maximum Gasteiger partial charge on any atom is 0.346 e. The van der Waals surface area contributed by atoms with E-state index >= 15 is 0 Å². The third kappa shape index (κ3) is 4.75. The van der Waals surface area contributed by atoms with Crippen LogP contribution in [0.4, 0.5) is 0 Å². The van der Waals surface area contributed by atoms with Gasteiger partial charge in [-0.15, -0.1) is 0 Å². The molecule has 1 fully saturated rings. The van der Waals surface area contributed by atoms with Crippen LogP contribution in [0.1, 0.15) is 25.3 Å². The van der Waals surface area contributed by atoms with Gasteiger partial charge in [0.05, 0.1) is 12.3 Å². The molecule has 3 aromatic rings. The zero-order valence-electron chi connectivity index (χ0n) is 15.0. The second-order valence-electron chi connectivity index (χ2n) is 6.18. The predicted molar refractivity (Wildman–Crippen MR) is 96.7 cm³/mol. The minimum absolute atomic E-state index is 0. The molecule has 1 saturated carbocycles. The molecule has 0 aliphatic heterocycles. The number of benzene rings is 2. The van der Waals surface area contributed by atoms with Crippen LogP contribution in [0.3, 0.4) is 0 Å². The van der Waals surface area contributed by atoms with Gasteiger partial charge in [-0.25, -0.2) is 0 Å². The number of hydrogen-bond donors (Lipinski definition) is 1. The van der Waals surface area contributed by atoms with E-state index in [4.69, 9.17) is 9.47 Å². The molecule has 4 rings (SSSR count). The van der Waals surface area contributed by atoms with Crippen molar-refractivity contribution in [3.05, 3.63) is 54.1 Å². The second kappa shape index (κ2) is 8.83. The molecule has 2 aromatic carbocycles. The molecular weight excluding hydrogens is 366 g/mol. The number of rotatable bonds is 8. The summed E-state index contributed by atoms with van der Waals surface area (Å²) in [6.45, 7) is 3.33. The third-order valence-electron chi connectivity index (χ3n) is 4.12. The van der Waals surface area contributed by atoms with Crippen LogP contribution in [0.5, 0.6) is 17.5 Å². The molecule has 0 radical (unpaired) electrons. The summed E-state index contributed by atoms with van der Waals surface area (Å²) in [4.78, 5) is 0. The monoisotopic (exact) mass is 386 g/mol. The van der Waals surface area contributed by atoms with E-state index in [1.165, 1.54) is 12.8 Å². The first kappa shape index (κ1) is 19.1. The fraction of sp³-hybridized carbons (Fsp3) is 0.316. The zero-order chi connectivity index (χ0) is 17.8. The Morgan fingerprint density at radius 3 is 2.67 bits per heavy atom. The van der Waals surface area contributed by atoms with Crippen molar-refractivity contribution in [3.8, 4) is 23.2 Å². The minimum atomic E-state index is 0. The summed E-state index contributed by atoms with van der Waals surface area (Å²) in [5.41, 5.74) is 1.99. The maximum atomic E-state index is 5.96. The first-order valence-electron chi connectivity index (χ1n) is 8.84. The van der Waals surface area contributed by atoms with Gasteiger partial charge in [-0.3, -0.25) is 0 Å². The summed E-state index contributed by atoms with van der Waals surface area (Å²) in [5.74, 6) is 1.28. The van der Waals surface area contributed by atoms with Crippen LogP contribution >= 0.6 is 0 Å². The Hall–Kier alpha value is -2.64. The number of hydrogen-bond acceptors (Lipinski definition) is 6. The van der Waals surface area contributed by atoms with Gasteiger partial charge < -0.3 is 27.2 Å². The molecular formula is C19H21ClN5O2-. The lowest BCUT2D eigenvalue weighted by molar-refractivity contribution is -0.00000649. The summed E-state index contributed by atoms with van der Waals surface area (Å²) in [7, 11) is 0. The quantitative estimate of drug-likeness (QED) is 0.592. The molecule has 0 bridgehead atoms. The molecule has 7 nitrogen and oxygen atoms in total. The van der Waals surface area contributed by atoms with Crippen LogP contribution in [0.25, 0.3) is 5.69 Å². The smallest absolute Gasteiger partial charge is 0.346 e. The van der Waals surface area contributed by atoms with Gasteiger partial charge in [0.15, 0.2) is 11.5 Å². The van der Waals surface area contributed by atoms with E-state index in [2.05, 4.69) is 20.8 Å². The van der Waals surface area contributed by atoms with E-state index in [-0.39, 0.29) is 12.4 Å². The van der Waals surface area contributed by atoms with E-state index < -0.39 is 0 Å². The highest BCUT2D eigenvalue weighted by Crippen LogP contribution is 2.32. The van der Waals surface area contributed by atoms with Gasteiger partial charge in [-0.2, -0.15) is 4.68 Å². The average molecular weight is 387 g/mol. The van der Waals surface area contributed by atoms with Crippen LogP contribution in [0.15, 0.2) is 48.5 Å². The van der Waals surface area contributed by atoms with Crippen LogP contribution in [0, 0.1) is 0 Å². The number of ether oxygens (including phenoxy) is 2. The summed E-state index contributed by atoms with van der Waals surface area (Å²) < 4.78 is 13.3. The topological polar surface area (TPSA) is 74.1 Å². The van der Waals surface area contributed by atoms with E-state index in [1.807, 2.05) is 55.5 Å². The largest absolute Gasteiger partial charge is 1.00 e. The van der Waals surface area contributed by atoms with E-state index in [1.54, 1.807) is 4.68 Å². The van der Waals surface area contributed by atoms with Crippen LogP contribution in [-0.2, 0) is 6.54 Å². The molecule has 1 aliphatic rings. The molecule has 1 heterocycles. The lowest BCUT2D eigenvalue weighted by atomic mass is 10.2. The number of tetrazole rings is 1. The van der Waals surface area contributed by atoms with Gasteiger partial charge in [0.1, 0.15) is 0 Å². The normalized spacial score (nSPS) is 13.1. The molecule has 0 unspecified atom stereocenters. The van der Waals surface area contributed by atoms with Crippen molar-refractivity contribution in [1.29, 1.82) is 0 Å². The van der Waals surface area contributed by atoms with E-state index in [0.717, 1.165) is 17.8 Å². The lowest BCUT2D eigenvalue weighted by Crippen LogP contribution is -3.00. The molecule has 0 spiro atoms. The maximum absolute atomic E-state index is 5.96. The number of nitrogens with zero attached hydrogens (tertiary/aromatic N) is 4. The first-order chi connectivity index (χ1) is 12.8. The van der Waals surface area contributed by atoms with Crippen LogP contribution in [-0.4, -0.2) is 32.9 Å². The molecule has 0 amide bonds. The molecule has 0 atom stereocenters. The lowest BCUT2D eigenvalue weighted by Gasteiger charge is -2.13. The van der Waals surface area contributed by atoms with Crippen molar-refractivity contribution in [2.75, 3.05) is 6.61 Å². The Kier molecular flexibility index (Phi) is 6.26. The van der Waals surface area contributed by atoms with Crippen molar-refractivity contribution < 1.29 is 21.9 Å². The Morgan fingerprint density at radius 2 is 1.93 bits per heavy atom. The average Bonchev–Trinajstić information content (AvgIpc) is 3.39. The van der Waals surface area contributed by atoms with Crippen molar-refractivity contribution in [1.82, 2.24) is 25.5 Å². The molecule has 1 aromatic heterocycles. The summed E-state index contributed by atoms with van der Waals surface area (Å²) in [6, 6.07) is 16.5. The minimum Gasteiger partial charge on any atom is -1.00 e. The fourth-order valence-corrected chi connectivity index (χ4v) is 2.64. The molecule has 27 heavy (non-hydrogen) atoms. The van der Waals surface area contributed by atoms with Gasteiger partial charge in [-0.1, -0.05) is 29.4 Å². The van der Waals surface area contributed by atoms with Crippen molar-refractivity contribution >= 4 is 0 Å². The summed E-state index contributed by atoms with van der Waals surface area (Å²) in [5, 5.41) is 15.2. The zero-order valence-corrected chi connectivity index (χ0v) is 15.8. The number of nitrogens with one attached hydrogen (secondary N) is 1. The highest BCUT2D eigenvalue weighted by atomic mass is 35.5. The number of halogens is 1. The van der Waals surface area contributed by atoms with Gasteiger partial charge in [-0.05, 0) is 60.0 Å². The van der Waals surface area contributed by atoms with E-state index in [0.29, 0.717) is 30.2 Å². The molecule has 0 saturated heterocycles. The van der Waals surface area contributed by atoms with Crippen molar-refractivity contribution in [3.63, 3.8) is 0 Å². The van der Waals surface area contributed by atoms with Gasteiger partial charge >= 0.3 is 6.01 Å². The number of para-hydroxylation sites is 1. The highest BCUT2D eigenvalue weighted by Gasteiger charge is 2.20. The summed E-state index contributed by atoms with van der Waals surface area (Å²) >= 11 is 0. The first-order valence-corrected chi connectivity index (χ1v) is 8.84. The fourth-order valence-electron chi connectivity index (χ4n) is 2.64. The Labute approximate surface area is 164 Å². The second-order valence-corrected chi connectivity index (χ2v) is 6.18. The van der Waals surface area contributed by atoms with Gasteiger partial charge in [0.25, 0.3) is 0 Å². The van der Waals surface area contributed by atoms with Gasteiger partial charge in [0, 0.05) is 12.6 Å². The SMILES string of the molecule is CCOc1cc(CNC2CC2)ccc1Oc1nnnn1-c1ccccc1.[Cl-]. The molecule has 142 valence electrons. The Morgan fingerprint density at radius 1 is 1.11 bits per heavy atom. The third-order valence-corrected chi connectivity index (χ3v) is 4.12. The number of aromatic nitrogens is 4. The molecule has 8 heteroatoms. The van der Waals surface area contributed by atoms with Crippen molar-refractivity contribution in [2.45, 2.75) is 32.4 Å². The van der Waals surface area contributed by atoms with Crippen LogP contribution in [0.2, 0.25) is 0 Å². The predicted octanol–water partition coefficient (Wildman–Crippen LogP) is 0.109.